The monoisotopic (exact) mass is 316 g/mol. The third-order valence-electron chi connectivity index (χ3n) is 0.957. The fraction of sp³-hybridized carbons (Fsp3) is 0.429. The minimum atomic E-state index is -3.09. The third-order valence-corrected chi connectivity index (χ3v) is 4.58. The van der Waals surface area contributed by atoms with Crippen molar-refractivity contribution in [3.05, 3.63) is 22.0 Å². The summed E-state index contributed by atoms with van der Waals surface area (Å²) in [6, 6.07) is 0. The first kappa shape index (κ1) is 12.4. The van der Waals surface area contributed by atoms with Gasteiger partial charge in [-0.3, -0.25) is 0 Å². The van der Waals surface area contributed by atoms with Gasteiger partial charge in [0.15, 0.2) is 9.84 Å². The lowest BCUT2D eigenvalue weighted by Gasteiger charge is -1.91. The lowest BCUT2D eigenvalue weighted by atomic mass is 10.4. The Labute approximate surface area is 89.9 Å². The first-order valence-corrected chi connectivity index (χ1v) is 6.97. The summed E-state index contributed by atoms with van der Waals surface area (Å²) in [6.07, 6.45) is 4.49. The van der Waals surface area contributed by atoms with Crippen LogP contribution in [0.5, 0.6) is 0 Å². The van der Waals surface area contributed by atoms with Gasteiger partial charge in [0.2, 0.25) is 0 Å². The Morgan fingerprint density at radius 1 is 1.50 bits per heavy atom. The maximum atomic E-state index is 11.0. The molecule has 0 amide bonds. The van der Waals surface area contributed by atoms with E-state index in [0.29, 0.717) is 4.48 Å². The van der Waals surface area contributed by atoms with Crippen molar-refractivity contribution < 1.29 is 8.42 Å². The van der Waals surface area contributed by atoms with Gasteiger partial charge in [0.25, 0.3) is 0 Å². The molecule has 0 aromatic heterocycles. The second kappa shape index (κ2) is 5.94. The van der Waals surface area contributed by atoms with Crippen LogP contribution in [0, 0.1) is 0 Å². The van der Waals surface area contributed by atoms with E-state index in [1.54, 1.807) is 6.08 Å². The molecule has 0 saturated heterocycles. The van der Waals surface area contributed by atoms with Crippen molar-refractivity contribution in [1.82, 2.24) is 0 Å². The van der Waals surface area contributed by atoms with E-state index in [9.17, 15) is 8.42 Å². The van der Waals surface area contributed by atoms with Gasteiger partial charge in [0, 0.05) is 9.89 Å². The normalized spacial score (nSPS) is 14.1. The summed E-state index contributed by atoms with van der Waals surface area (Å²) in [5, 5.41) is 1.19. The van der Waals surface area contributed by atoms with Gasteiger partial charge in [-0.2, -0.15) is 0 Å². The second-order valence-corrected chi connectivity index (χ2v) is 6.15. The van der Waals surface area contributed by atoms with Gasteiger partial charge in [-0.1, -0.05) is 50.9 Å². The van der Waals surface area contributed by atoms with Crippen molar-refractivity contribution in [1.29, 1.82) is 0 Å². The fourth-order valence-corrected chi connectivity index (χ4v) is 2.40. The molecule has 0 radical (unpaired) electrons. The predicted molar refractivity (Wildman–Crippen MR) is 59.2 cm³/mol. The molecule has 0 bridgehead atoms. The fourth-order valence-electron chi connectivity index (χ4n) is 0.473. The topological polar surface area (TPSA) is 34.1 Å². The molecular weight excluding hydrogens is 308 g/mol. The molecule has 12 heavy (non-hydrogen) atoms. The molecule has 0 spiro atoms. The molecule has 0 aromatic carbocycles. The molecule has 0 atom stereocenters. The Balaban J connectivity index is 4.47. The van der Waals surface area contributed by atoms with Crippen molar-refractivity contribution in [2.45, 2.75) is 13.3 Å². The van der Waals surface area contributed by atoms with E-state index in [1.165, 1.54) is 5.41 Å². The maximum absolute atomic E-state index is 11.0. The van der Waals surface area contributed by atoms with Crippen LogP contribution >= 0.6 is 31.9 Å². The number of halogens is 2. The highest BCUT2D eigenvalue weighted by molar-refractivity contribution is 9.12. The van der Waals surface area contributed by atoms with Crippen molar-refractivity contribution in [2.24, 2.45) is 0 Å². The molecule has 0 N–H and O–H groups in total. The Morgan fingerprint density at radius 3 is 2.50 bits per heavy atom. The van der Waals surface area contributed by atoms with E-state index >= 15 is 0 Å². The second-order valence-electron chi connectivity index (χ2n) is 2.09. The first-order chi connectivity index (χ1) is 5.52. The number of alkyl halides is 1. The Bertz CT molecular complexity index is 278. The number of sulfone groups is 1. The van der Waals surface area contributed by atoms with Gasteiger partial charge in [0.1, 0.15) is 4.66 Å². The zero-order valence-electron chi connectivity index (χ0n) is 6.63. The predicted octanol–water partition coefficient (Wildman–Crippen LogP) is 2.96. The van der Waals surface area contributed by atoms with E-state index in [2.05, 4.69) is 31.9 Å². The van der Waals surface area contributed by atoms with Crippen LogP contribution in [0.1, 0.15) is 13.3 Å². The molecule has 2 nitrogen and oxygen atoms in total. The quantitative estimate of drug-likeness (QED) is 0.590. The smallest absolute Gasteiger partial charge is 0.182 e. The third kappa shape index (κ3) is 5.97. The Morgan fingerprint density at radius 2 is 2.08 bits per heavy atom. The number of hydrogen-bond acceptors (Lipinski definition) is 2. The molecule has 5 heteroatoms. The van der Waals surface area contributed by atoms with E-state index in [-0.39, 0.29) is 4.66 Å². The van der Waals surface area contributed by atoms with Crippen molar-refractivity contribution in [3.63, 3.8) is 0 Å². The summed E-state index contributed by atoms with van der Waals surface area (Å²) < 4.78 is 22.5. The summed E-state index contributed by atoms with van der Waals surface area (Å²) in [5.41, 5.74) is 0. The summed E-state index contributed by atoms with van der Waals surface area (Å²) in [6.45, 7) is 1.98. The van der Waals surface area contributed by atoms with Crippen LogP contribution in [0.25, 0.3) is 0 Å². The maximum Gasteiger partial charge on any atom is 0.182 e. The molecule has 0 unspecified atom stereocenters. The van der Waals surface area contributed by atoms with E-state index in [1.807, 2.05) is 13.0 Å². The van der Waals surface area contributed by atoms with Crippen LogP contribution in [0.15, 0.2) is 22.0 Å². The molecule has 0 aliphatic carbocycles. The number of allylic oxidation sites excluding steroid dienone is 3. The van der Waals surface area contributed by atoms with E-state index < -0.39 is 9.84 Å². The average molecular weight is 318 g/mol. The molecule has 0 aliphatic rings. The number of hydrogen-bond donors (Lipinski definition) is 0. The van der Waals surface area contributed by atoms with E-state index in [0.717, 1.165) is 6.42 Å². The van der Waals surface area contributed by atoms with Crippen molar-refractivity contribution in [2.75, 3.05) is 4.66 Å². The van der Waals surface area contributed by atoms with Crippen LogP contribution in [0.3, 0.4) is 0 Å². The minimum absolute atomic E-state index is 0.0466. The molecule has 0 fully saturated rings. The van der Waals surface area contributed by atoms with Crippen LogP contribution in [-0.2, 0) is 9.84 Å². The minimum Gasteiger partial charge on any atom is -0.223 e. The largest absolute Gasteiger partial charge is 0.223 e. The number of rotatable bonds is 4. The summed E-state index contributed by atoms with van der Waals surface area (Å²) in [4.78, 5) is 0. The molecule has 70 valence electrons. The van der Waals surface area contributed by atoms with Gasteiger partial charge in [-0.15, -0.1) is 0 Å². The first-order valence-electron chi connectivity index (χ1n) is 3.34. The highest BCUT2D eigenvalue weighted by Crippen LogP contribution is 2.11. The highest BCUT2D eigenvalue weighted by atomic mass is 79.9. The standard InChI is InChI=1S/C7H10Br2O2S/c1-2-3-4-7(9)5-12(10,11)6-8/h3-5H,2,6H2,1H3. The van der Waals surface area contributed by atoms with Gasteiger partial charge < -0.3 is 0 Å². The molecular formula is C7H10Br2O2S. The Hall–Kier alpha value is 0.390. The SMILES string of the molecule is CCC=CC(Br)=CS(=O)(=O)CBr. The summed E-state index contributed by atoms with van der Waals surface area (Å²) in [7, 11) is -3.09. The van der Waals surface area contributed by atoms with Crippen LogP contribution in [0.4, 0.5) is 0 Å². The molecule has 0 saturated carbocycles. The van der Waals surface area contributed by atoms with Crippen LogP contribution in [0.2, 0.25) is 0 Å². The zero-order valence-corrected chi connectivity index (χ0v) is 10.6. The van der Waals surface area contributed by atoms with Crippen molar-refractivity contribution >= 4 is 41.7 Å². The molecule has 0 aliphatic heterocycles. The van der Waals surface area contributed by atoms with Gasteiger partial charge in [-0.05, 0) is 6.42 Å². The molecule has 0 heterocycles. The van der Waals surface area contributed by atoms with Gasteiger partial charge >= 0.3 is 0 Å². The van der Waals surface area contributed by atoms with Gasteiger partial charge in [0.05, 0.1) is 0 Å². The zero-order chi connectivity index (χ0) is 9.61. The highest BCUT2D eigenvalue weighted by Gasteiger charge is 2.03. The van der Waals surface area contributed by atoms with Crippen LogP contribution < -0.4 is 0 Å². The van der Waals surface area contributed by atoms with E-state index in [4.69, 9.17) is 0 Å². The summed E-state index contributed by atoms with van der Waals surface area (Å²) >= 11 is 6.02. The lowest BCUT2D eigenvalue weighted by molar-refractivity contribution is 0.609. The molecule has 0 rings (SSSR count). The lowest BCUT2D eigenvalue weighted by Crippen LogP contribution is -1.94. The summed E-state index contributed by atoms with van der Waals surface area (Å²) in [5.74, 6) is 0. The van der Waals surface area contributed by atoms with Gasteiger partial charge in [-0.25, -0.2) is 8.42 Å². The van der Waals surface area contributed by atoms with Crippen LogP contribution in [-0.4, -0.2) is 13.1 Å². The van der Waals surface area contributed by atoms with Crippen molar-refractivity contribution in [3.8, 4) is 0 Å². The average Bonchev–Trinajstić information content (AvgIpc) is 2.00. The Kier molecular flexibility index (Phi) is 6.13. The molecule has 0 aromatic rings.